The van der Waals surface area contributed by atoms with Gasteiger partial charge in [-0.3, -0.25) is 4.72 Å². The SMILES string of the molecule is CC(C#N)S(=O)(=O)Nc1ccc(F)cc1Cl. The van der Waals surface area contributed by atoms with Gasteiger partial charge < -0.3 is 0 Å². The van der Waals surface area contributed by atoms with Gasteiger partial charge in [0.2, 0.25) is 10.0 Å². The van der Waals surface area contributed by atoms with E-state index in [0.29, 0.717) is 0 Å². The molecular weight excluding hydrogens is 255 g/mol. The van der Waals surface area contributed by atoms with Gasteiger partial charge in [0.05, 0.1) is 16.8 Å². The van der Waals surface area contributed by atoms with Gasteiger partial charge in [0.1, 0.15) is 5.82 Å². The van der Waals surface area contributed by atoms with E-state index in [0.717, 1.165) is 12.1 Å². The summed E-state index contributed by atoms with van der Waals surface area (Å²) in [4.78, 5) is 0. The molecule has 7 heteroatoms. The second kappa shape index (κ2) is 4.68. The molecule has 1 rings (SSSR count). The van der Waals surface area contributed by atoms with Gasteiger partial charge in [-0.2, -0.15) is 5.26 Å². The zero-order valence-corrected chi connectivity index (χ0v) is 9.81. The molecule has 0 bridgehead atoms. The molecule has 1 N–H and O–H groups in total. The van der Waals surface area contributed by atoms with E-state index in [1.807, 2.05) is 0 Å². The Morgan fingerprint density at radius 3 is 2.69 bits per heavy atom. The molecule has 0 saturated heterocycles. The van der Waals surface area contributed by atoms with Gasteiger partial charge in [0, 0.05) is 0 Å². The molecule has 0 spiro atoms. The molecule has 0 saturated carbocycles. The van der Waals surface area contributed by atoms with Crippen LogP contribution in [0.3, 0.4) is 0 Å². The second-order valence-corrected chi connectivity index (χ2v) is 5.45. The number of hydrogen-bond acceptors (Lipinski definition) is 3. The predicted molar refractivity (Wildman–Crippen MR) is 59.0 cm³/mol. The highest BCUT2D eigenvalue weighted by molar-refractivity contribution is 7.93. The normalized spacial score (nSPS) is 12.9. The van der Waals surface area contributed by atoms with E-state index in [9.17, 15) is 12.8 Å². The fourth-order valence-electron chi connectivity index (χ4n) is 0.883. The first-order valence-corrected chi connectivity index (χ1v) is 6.15. The summed E-state index contributed by atoms with van der Waals surface area (Å²) in [5.41, 5.74) is 0.0465. The Kier molecular flexibility index (Phi) is 3.73. The first-order valence-electron chi connectivity index (χ1n) is 4.23. The molecule has 0 fully saturated rings. The van der Waals surface area contributed by atoms with Crippen LogP contribution in [0, 0.1) is 17.1 Å². The summed E-state index contributed by atoms with van der Waals surface area (Å²) < 4.78 is 37.8. The predicted octanol–water partition coefficient (Wildman–Crippen LogP) is 2.13. The highest BCUT2D eigenvalue weighted by Gasteiger charge is 2.20. The molecule has 4 nitrogen and oxygen atoms in total. The van der Waals surface area contributed by atoms with E-state index >= 15 is 0 Å². The van der Waals surface area contributed by atoms with Gasteiger partial charge in [-0.1, -0.05) is 11.6 Å². The van der Waals surface area contributed by atoms with Crippen molar-refractivity contribution >= 4 is 27.3 Å². The minimum Gasteiger partial charge on any atom is -0.281 e. The average molecular weight is 263 g/mol. The fourth-order valence-corrected chi connectivity index (χ4v) is 1.95. The second-order valence-electron chi connectivity index (χ2n) is 3.04. The Hall–Kier alpha value is -1.32. The van der Waals surface area contributed by atoms with Crippen LogP contribution in [-0.2, 0) is 10.0 Å². The van der Waals surface area contributed by atoms with Crippen molar-refractivity contribution in [2.24, 2.45) is 0 Å². The Morgan fingerprint density at radius 1 is 1.56 bits per heavy atom. The van der Waals surface area contributed by atoms with E-state index in [4.69, 9.17) is 16.9 Å². The summed E-state index contributed by atoms with van der Waals surface area (Å²) in [7, 11) is -3.82. The Morgan fingerprint density at radius 2 is 2.19 bits per heavy atom. The van der Waals surface area contributed by atoms with Crippen molar-refractivity contribution in [1.29, 1.82) is 5.26 Å². The number of rotatable bonds is 3. The number of anilines is 1. The third kappa shape index (κ3) is 2.84. The maximum Gasteiger partial charge on any atom is 0.248 e. The maximum atomic E-state index is 12.7. The Balaban J connectivity index is 3.03. The standard InChI is InChI=1S/C9H8ClFN2O2S/c1-6(5-12)16(14,15)13-9-3-2-7(11)4-8(9)10/h2-4,6,13H,1H3. The Labute approximate surface area is 97.7 Å². The number of halogens is 2. The quantitative estimate of drug-likeness (QED) is 0.907. The van der Waals surface area contributed by atoms with Crippen LogP contribution in [0.1, 0.15) is 6.92 Å². The molecule has 1 unspecified atom stereocenters. The molecule has 0 aliphatic heterocycles. The largest absolute Gasteiger partial charge is 0.281 e. The van der Waals surface area contributed by atoms with Crippen LogP contribution in [0.5, 0.6) is 0 Å². The molecular formula is C9H8ClFN2O2S. The van der Waals surface area contributed by atoms with Crippen LogP contribution in [0.4, 0.5) is 10.1 Å². The zero-order chi connectivity index (χ0) is 12.3. The van der Waals surface area contributed by atoms with Crippen molar-refractivity contribution in [3.8, 4) is 6.07 Å². The molecule has 0 radical (unpaired) electrons. The number of nitrogens with zero attached hydrogens (tertiary/aromatic N) is 1. The summed E-state index contributed by atoms with van der Waals surface area (Å²) in [6, 6.07) is 4.84. The van der Waals surface area contributed by atoms with Crippen molar-refractivity contribution in [2.75, 3.05) is 4.72 Å². The molecule has 0 aliphatic rings. The molecule has 1 atom stereocenters. The maximum absolute atomic E-state index is 12.7. The summed E-state index contributed by atoms with van der Waals surface area (Å²) in [6.07, 6.45) is 0. The number of nitriles is 1. The number of hydrogen-bond donors (Lipinski definition) is 1. The lowest BCUT2D eigenvalue weighted by molar-refractivity contribution is 0.597. The van der Waals surface area contributed by atoms with Crippen molar-refractivity contribution < 1.29 is 12.8 Å². The van der Waals surface area contributed by atoms with Gasteiger partial charge in [0.15, 0.2) is 5.25 Å². The van der Waals surface area contributed by atoms with Crippen LogP contribution in [-0.4, -0.2) is 13.7 Å². The van der Waals surface area contributed by atoms with Crippen molar-refractivity contribution in [1.82, 2.24) is 0 Å². The van der Waals surface area contributed by atoms with Gasteiger partial charge in [0.25, 0.3) is 0 Å². The lowest BCUT2D eigenvalue weighted by atomic mass is 10.3. The minimum absolute atomic E-state index is 0.0465. The molecule has 1 aromatic rings. The van der Waals surface area contributed by atoms with Crippen LogP contribution in [0.25, 0.3) is 0 Å². The van der Waals surface area contributed by atoms with Gasteiger partial charge in [-0.05, 0) is 25.1 Å². The van der Waals surface area contributed by atoms with Crippen molar-refractivity contribution in [2.45, 2.75) is 12.2 Å². The minimum atomic E-state index is -3.82. The van der Waals surface area contributed by atoms with E-state index in [1.54, 1.807) is 6.07 Å². The molecule has 0 aliphatic carbocycles. The lowest BCUT2D eigenvalue weighted by Crippen LogP contribution is -2.23. The van der Waals surface area contributed by atoms with Gasteiger partial charge in [-0.25, -0.2) is 12.8 Å². The number of sulfonamides is 1. The monoisotopic (exact) mass is 262 g/mol. The summed E-state index contributed by atoms with van der Waals surface area (Å²) in [5, 5.41) is 7.22. The van der Waals surface area contributed by atoms with Crippen molar-refractivity contribution in [3.63, 3.8) is 0 Å². The molecule has 16 heavy (non-hydrogen) atoms. The molecule has 0 amide bonds. The Bertz CT molecular complexity index is 539. The van der Waals surface area contributed by atoms with Crippen LogP contribution < -0.4 is 4.72 Å². The number of benzene rings is 1. The smallest absolute Gasteiger partial charge is 0.248 e. The zero-order valence-electron chi connectivity index (χ0n) is 8.24. The van der Waals surface area contributed by atoms with Gasteiger partial charge >= 0.3 is 0 Å². The highest BCUT2D eigenvalue weighted by atomic mass is 35.5. The molecule has 0 heterocycles. The lowest BCUT2D eigenvalue weighted by Gasteiger charge is -2.10. The topological polar surface area (TPSA) is 70.0 Å². The third-order valence-electron chi connectivity index (χ3n) is 1.83. The summed E-state index contributed by atoms with van der Waals surface area (Å²) >= 11 is 5.63. The first kappa shape index (κ1) is 12.7. The van der Waals surface area contributed by atoms with E-state index < -0.39 is 21.1 Å². The molecule has 1 aromatic carbocycles. The summed E-state index contributed by atoms with van der Waals surface area (Å²) in [6.45, 7) is 1.24. The molecule has 0 aromatic heterocycles. The van der Waals surface area contributed by atoms with Crippen molar-refractivity contribution in [3.05, 3.63) is 29.0 Å². The van der Waals surface area contributed by atoms with E-state index in [-0.39, 0.29) is 10.7 Å². The molecule has 86 valence electrons. The van der Waals surface area contributed by atoms with E-state index in [1.165, 1.54) is 13.0 Å². The van der Waals surface area contributed by atoms with Crippen LogP contribution >= 0.6 is 11.6 Å². The van der Waals surface area contributed by atoms with E-state index in [2.05, 4.69) is 4.72 Å². The number of nitrogens with one attached hydrogen (secondary N) is 1. The third-order valence-corrected chi connectivity index (χ3v) is 3.68. The van der Waals surface area contributed by atoms with Gasteiger partial charge in [-0.15, -0.1) is 0 Å². The first-order chi connectivity index (χ1) is 7.36. The fraction of sp³-hybridized carbons (Fsp3) is 0.222. The van der Waals surface area contributed by atoms with Crippen LogP contribution in [0.15, 0.2) is 18.2 Å². The van der Waals surface area contributed by atoms with Crippen LogP contribution in [0.2, 0.25) is 5.02 Å². The highest BCUT2D eigenvalue weighted by Crippen LogP contribution is 2.24. The summed E-state index contributed by atoms with van der Waals surface area (Å²) in [5.74, 6) is -0.568. The average Bonchev–Trinajstić information content (AvgIpc) is 2.21.